The fourth-order valence-electron chi connectivity index (χ4n) is 2.80. The Labute approximate surface area is 181 Å². The van der Waals surface area contributed by atoms with Crippen molar-refractivity contribution in [2.75, 3.05) is 10.6 Å². The van der Waals surface area contributed by atoms with Crippen molar-refractivity contribution in [3.63, 3.8) is 0 Å². The van der Waals surface area contributed by atoms with Gasteiger partial charge < -0.3 is 10.6 Å². The number of rotatable bonds is 5. The molecular weight excluding hydrogens is 394 g/mol. The molecule has 3 aromatic rings. The van der Waals surface area contributed by atoms with E-state index in [2.05, 4.69) is 15.6 Å². The van der Waals surface area contributed by atoms with Crippen LogP contribution in [0, 0.1) is 19.3 Å². The second-order valence-corrected chi connectivity index (χ2v) is 9.67. The first-order valence-corrected chi connectivity index (χ1v) is 10.7. The van der Waals surface area contributed by atoms with Gasteiger partial charge in [0.2, 0.25) is 11.8 Å². The first-order valence-electron chi connectivity index (χ1n) is 9.86. The summed E-state index contributed by atoms with van der Waals surface area (Å²) in [6, 6.07) is 15.4. The maximum Gasteiger partial charge on any atom is 0.231 e. The molecule has 0 atom stereocenters. The lowest BCUT2D eigenvalue weighted by atomic mass is 9.95. The van der Waals surface area contributed by atoms with Gasteiger partial charge in [0.25, 0.3) is 0 Å². The third kappa shape index (κ3) is 5.54. The molecule has 0 aliphatic heterocycles. The van der Waals surface area contributed by atoms with Gasteiger partial charge in [0.05, 0.1) is 12.1 Å². The third-order valence-corrected chi connectivity index (χ3v) is 5.56. The van der Waals surface area contributed by atoms with Crippen molar-refractivity contribution in [2.45, 2.75) is 41.0 Å². The van der Waals surface area contributed by atoms with Crippen molar-refractivity contribution in [3.05, 3.63) is 64.0 Å². The van der Waals surface area contributed by atoms with E-state index in [1.807, 2.05) is 83.1 Å². The average molecular weight is 422 g/mol. The van der Waals surface area contributed by atoms with Gasteiger partial charge in [0.15, 0.2) is 0 Å². The van der Waals surface area contributed by atoms with Crippen molar-refractivity contribution in [3.8, 4) is 11.3 Å². The number of nitrogens with one attached hydrogen (secondary N) is 2. The van der Waals surface area contributed by atoms with Crippen molar-refractivity contribution in [2.24, 2.45) is 5.41 Å². The van der Waals surface area contributed by atoms with Gasteiger partial charge >= 0.3 is 0 Å². The first kappa shape index (κ1) is 21.7. The summed E-state index contributed by atoms with van der Waals surface area (Å²) in [5.41, 5.74) is 4.07. The third-order valence-electron chi connectivity index (χ3n) is 4.59. The first-order chi connectivity index (χ1) is 14.1. The predicted octanol–water partition coefficient (Wildman–Crippen LogP) is 5.59. The fourth-order valence-corrected chi connectivity index (χ4v) is 3.76. The summed E-state index contributed by atoms with van der Waals surface area (Å²) in [5.74, 6) is -0.110. The topological polar surface area (TPSA) is 71.1 Å². The highest BCUT2D eigenvalue weighted by molar-refractivity contribution is 7.12. The Morgan fingerprint density at radius 3 is 2.07 bits per heavy atom. The summed E-state index contributed by atoms with van der Waals surface area (Å²) in [6.07, 6.45) is 0.235. The van der Waals surface area contributed by atoms with E-state index in [0.717, 1.165) is 38.1 Å². The molecule has 0 saturated heterocycles. The van der Waals surface area contributed by atoms with Gasteiger partial charge in [-0.25, -0.2) is 4.98 Å². The van der Waals surface area contributed by atoms with Crippen LogP contribution in [-0.2, 0) is 16.0 Å². The van der Waals surface area contributed by atoms with Crippen molar-refractivity contribution < 1.29 is 9.59 Å². The number of hydrogen-bond acceptors (Lipinski definition) is 4. The minimum Gasteiger partial charge on any atom is -0.326 e. The van der Waals surface area contributed by atoms with Gasteiger partial charge in [0.1, 0.15) is 5.01 Å². The van der Waals surface area contributed by atoms with E-state index in [1.54, 1.807) is 0 Å². The van der Waals surface area contributed by atoms with Crippen LogP contribution in [0.1, 0.15) is 36.2 Å². The Morgan fingerprint density at radius 2 is 1.47 bits per heavy atom. The Bertz CT molecular complexity index is 1050. The van der Waals surface area contributed by atoms with E-state index in [0.29, 0.717) is 0 Å². The second kappa shape index (κ2) is 8.79. The van der Waals surface area contributed by atoms with Crippen LogP contribution in [-0.4, -0.2) is 16.8 Å². The second-order valence-electron chi connectivity index (χ2n) is 8.38. The van der Waals surface area contributed by atoms with Crippen molar-refractivity contribution in [1.82, 2.24) is 4.98 Å². The van der Waals surface area contributed by atoms with Crippen LogP contribution in [0.5, 0.6) is 0 Å². The number of thiazole rings is 1. The molecule has 0 unspecified atom stereocenters. The Kier molecular flexibility index (Phi) is 6.37. The van der Waals surface area contributed by atoms with Crippen LogP contribution >= 0.6 is 11.3 Å². The monoisotopic (exact) mass is 421 g/mol. The molecule has 1 aromatic heterocycles. The zero-order chi connectivity index (χ0) is 21.9. The zero-order valence-electron chi connectivity index (χ0n) is 18.0. The molecule has 30 heavy (non-hydrogen) atoms. The minimum atomic E-state index is -0.446. The van der Waals surface area contributed by atoms with E-state index in [9.17, 15) is 9.59 Å². The molecule has 0 spiro atoms. The molecule has 2 aromatic carbocycles. The number of carbonyl (C=O) groups excluding carboxylic acids is 2. The number of aromatic nitrogens is 1. The maximum absolute atomic E-state index is 12.4. The van der Waals surface area contributed by atoms with Gasteiger partial charge in [-0.15, -0.1) is 11.3 Å². The Balaban J connectivity index is 1.67. The van der Waals surface area contributed by atoms with E-state index >= 15 is 0 Å². The summed E-state index contributed by atoms with van der Waals surface area (Å²) < 4.78 is 0. The molecule has 5 nitrogen and oxygen atoms in total. The summed E-state index contributed by atoms with van der Waals surface area (Å²) in [5, 5.41) is 6.61. The van der Waals surface area contributed by atoms with Crippen LogP contribution in [0.3, 0.4) is 0 Å². The molecule has 0 radical (unpaired) electrons. The van der Waals surface area contributed by atoms with Crippen LogP contribution in [0.2, 0.25) is 0 Å². The number of carbonyl (C=O) groups is 2. The predicted molar refractivity (Wildman–Crippen MR) is 124 cm³/mol. The Morgan fingerprint density at radius 1 is 0.900 bits per heavy atom. The van der Waals surface area contributed by atoms with Crippen LogP contribution in [0.4, 0.5) is 11.4 Å². The van der Waals surface area contributed by atoms with Crippen molar-refractivity contribution in [1.29, 1.82) is 0 Å². The molecule has 1 heterocycles. The summed E-state index contributed by atoms with van der Waals surface area (Å²) in [6.45, 7) is 9.66. The average Bonchev–Trinajstić information content (AvgIpc) is 3.03. The normalized spacial score (nSPS) is 11.2. The van der Waals surface area contributed by atoms with Gasteiger partial charge in [-0.2, -0.15) is 0 Å². The molecular formula is C24H27N3O2S. The highest BCUT2D eigenvalue weighted by atomic mass is 32.1. The SMILES string of the molecule is Cc1ccc(NC(=O)Cc2nc(-c3ccc(NC(=O)C(C)(C)C)cc3)c(C)s2)cc1. The molecule has 0 fully saturated rings. The Hall–Kier alpha value is -2.99. The number of amides is 2. The molecule has 3 rings (SSSR count). The molecule has 0 aliphatic carbocycles. The van der Waals surface area contributed by atoms with Gasteiger partial charge in [0, 0.05) is 27.2 Å². The largest absolute Gasteiger partial charge is 0.326 e. The van der Waals surface area contributed by atoms with Gasteiger partial charge in [-0.05, 0) is 38.1 Å². The quantitative estimate of drug-likeness (QED) is 0.564. The number of aryl methyl sites for hydroxylation is 2. The molecule has 6 heteroatoms. The molecule has 2 N–H and O–H groups in total. The van der Waals surface area contributed by atoms with Crippen LogP contribution in [0.25, 0.3) is 11.3 Å². The number of benzene rings is 2. The van der Waals surface area contributed by atoms with Gasteiger partial charge in [-0.1, -0.05) is 50.6 Å². The van der Waals surface area contributed by atoms with E-state index < -0.39 is 5.41 Å². The van der Waals surface area contributed by atoms with Crippen molar-refractivity contribution >= 4 is 34.5 Å². The standard InChI is InChI=1S/C24H27N3O2S/c1-15-6-10-18(11-7-15)25-20(28)14-21-27-22(16(2)30-21)17-8-12-19(13-9-17)26-23(29)24(3,4)5/h6-13H,14H2,1-5H3,(H,25,28)(H,26,29). The van der Waals surface area contributed by atoms with Crippen LogP contribution in [0.15, 0.2) is 48.5 Å². The molecule has 2 amide bonds. The summed E-state index contributed by atoms with van der Waals surface area (Å²) in [4.78, 5) is 30.2. The summed E-state index contributed by atoms with van der Waals surface area (Å²) >= 11 is 1.53. The minimum absolute atomic E-state index is 0.0260. The number of hydrogen-bond donors (Lipinski definition) is 2. The number of nitrogens with zero attached hydrogens (tertiary/aromatic N) is 1. The zero-order valence-corrected chi connectivity index (χ0v) is 18.8. The highest BCUT2D eigenvalue weighted by Gasteiger charge is 2.21. The smallest absolute Gasteiger partial charge is 0.231 e. The van der Waals surface area contributed by atoms with E-state index in [1.165, 1.54) is 11.3 Å². The molecule has 0 saturated carbocycles. The molecule has 156 valence electrons. The van der Waals surface area contributed by atoms with Gasteiger partial charge in [-0.3, -0.25) is 9.59 Å². The lowest BCUT2D eigenvalue weighted by Crippen LogP contribution is -2.27. The molecule has 0 aliphatic rings. The number of anilines is 2. The lowest BCUT2D eigenvalue weighted by Gasteiger charge is -2.17. The van der Waals surface area contributed by atoms with E-state index in [-0.39, 0.29) is 18.2 Å². The maximum atomic E-state index is 12.4. The molecule has 0 bridgehead atoms. The lowest BCUT2D eigenvalue weighted by molar-refractivity contribution is -0.123. The summed E-state index contributed by atoms with van der Waals surface area (Å²) in [7, 11) is 0. The highest BCUT2D eigenvalue weighted by Crippen LogP contribution is 2.29. The van der Waals surface area contributed by atoms with E-state index in [4.69, 9.17) is 0 Å². The fraction of sp³-hybridized carbons (Fsp3) is 0.292. The van der Waals surface area contributed by atoms with Crippen LogP contribution < -0.4 is 10.6 Å².